The number of ether oxygens (including phenoxy) is 1. The van der Waals surface area contributed by atoms with E-state index in [1.807, 2.05) is 0 Å². The SMILES string of the molecule is Cc1cccc(C)c1CCc1noc(C2CC2)c1COC1CCC(O)(c2nc3c(F)cc(C(=O)O)cc3s2)CC1. The van der Waals surface area contributed by atoms with Crippen molar-refractivity contribution >= 4 is 27.5 Å². The predicted octanol–water partition coefficient (Wildman–Crippen LogP) is 6.75. The number of hydrogen-bond acceptors (Lipinski definition) is 7. The minimum Gasteiger partial charge on any atom is -0.478 e. The quantitative estimate of drug-likeness (QED) is 0.232. The highest BCUT2D eigenvalue weighted by Crippen LogP contribution is 2.44. The zero-order valence-electron chi connectivity index (χ0n) is 22.7. The molecule has 0 saturated heterocycles. The number of fused-ring (bicyclic) bond motifs is 1. The molecule has 0 spiro atoms. The number of halogens is 1. The Kier molecular flexibility index (Phi) is 7.23. The van der Waals surface area contributed by atoms with E-state index in [2.05, 4.69) is 42.2 Å². The maximum atomic E-state index is 14.5. The van der Waals surface area contributed by atoms with Gasteiger partial charge in [0.2, 0.25) is 0 Å². The minimum atomic E-state index is -1.20. The van der Waals surface area contributed by atoms with E-state index >= 15 is 0 Å². The monoisotopic (exact) mass is 564 g/mol. The second kappa shape index (κ2) is 10.7. The van der Waals surface area contributed by atoms with Gasteiger partial charge in [0, 0.05) is 11.5 Å². The van der Waals surface area contributed by atoms with Gasteiger partial charge in [-0.2, -0.15) is 0 Å². The van der Waals surface area contributed by atoms with Crippen LogP contribution in [-0.2, 0) is 29.8 Å². The van der Waals surface area contributed by atoms with Crippen molar-refractivity contribution in [1.82, 2.24) is 10.1 Å². The van der Waals surface area contributed by atoms with Crippen LogP contribution >= 0.6 is 11.3 Å². The fraction of sp³-hybridized carbons (Fsp3) is 0.452. The van der Waals surface area contributed by atoms with Gasteiger partial charge in [-0.25, -0.2) is 14.2 Å². The van der Waals surface area contributed by atoms with Crippen molar-refractivity contribution in [3.8, 4) is 0 Å². The molecular weight excluding hydrogens is 531 g/mol. The Bertz CT molecular complexity index is 1550. The number of aromatic carboxylic acids is 1. The number of aliphatic hydroxyl groups is 1. The lowest BCUT2D eigenvalue weighted by atomic mass is 9.83. The normalized spacial score (nSPS) is 21.2. The second-order valence-electron chi connectivity index (χ2n) is 11.3. The highest BCUT2D eigenvalue weighted by atomic mass is 32.1. The van der Waals surface area contributed by atoms with Crippen LogP contribution in [0.5, 0.6) is 0 Å². The summed E-state index contributed by atoms with van der Waals surface area (Å²) < 4.78 is 27.1. The fourth-order valence-corrected chi connectivity index (χ4v) is 6.99. The van der Waals surface area contributed by atoms with Gasteiger partial charge in [-0.1, -0.05) is 23.4 Å². The first-order chi connectivity index (χ1) is 19.2. The highest BCUT2D eigenvalue weighted by Gasteiger charge is 2.39. The van der Waals surface area contributed by atoms with E-state index in [9.17, 15) is 19.4 Å². The molecule has 0 amide bonds. The average molecular weight is 565 g/mol. The molecule has 40 heavy (non-hydrogen) atoms. The summed E-state index contributed by atoms with van der Waals surface area (Å²) in [6.45, 7) is 4.73. The van der Waals surface area contributed by atoms with Gasteiger partial charge in [0.25, 0.3) is 0 Å². The zero-order chi connectivity index (χ0) is 28.0. The molecular formula is C31H33FN2O5S. The smallest absolute Gasteiger partial charge is 0.335 e. The van der Waals surface area contributed by atoms with E-state index in [0.717, 1.165) is 60.1 Å². The molecule has 2 aromatic heterocycles. The van der Waals surface area contributed by atoms with E-state index in [1.165, 1.54) is 22.8 Å². The number of rotatable bonds is 9. The second-order valence-corrected chi connectivity index (χ2v) is 12.3. The molecule has 2 aliphatic carbocycles. The Hall–Kier alpha value is -3.14. The van der Waals surface area contributed by atoms with Crippen molar-refractivity contribution in [3.63, 3.8) is 0 Å². The van der Waals surface area contributed by atoms with Crippen LogP contribution in [-0.4, -0.2) is 32.4 Å². The third-order valence-corrected chi connectivity index (χ3v) is 9.62. The van der Waals surface area contributed by atoms with Crippen molar-refractivity contribution < 1.29 is 28.7 Å². The van der Waals surface area contributed by atoms with Crippen molar-refractivity contribution in [2.75, 3.05) is 0 Å². The Morgan fingerprint density at radius 3 is 2.52 bits per heavy atom. The number of carbonyl (C=O) groups is 1. The lowest BCUT2D eigenvalue weighted by Crippen LogP contribution is -2.34. The number of aryl methyl sites for hydroxylation is 3. The molecule has 6 rings (SSSR count). The minimum absolute atomic E-state index is 0.0292. The van der Waals surface area contributed by atoms with Crippen LogP contribution in [0, 0.1) is 19.7 Å². The largest absolute Gasteiger partial charge is 0.478 e. The summed E-state index contributed by atoms with van der Waals surface area (Å²) in [4.78, 5) is 15.7. The van der Waals surface area contributed by atoms with Crippen molar-refractivity contribution in [3.05, 3.63) is 80.4 Å². The molecule has 2 aliphatic rings. The summed E-state index contributed by atoms with van der Waals surface area (Å²) in [5.41, 5.74) is 4.76. The number of nitrogens with zero attached hydrogens (tertiary/aromatic N) is 2. The first-order valence-corrected chi connectivity index (χ1v) is 14.7. The van der Waals surface area contributed by atoms with Gasteiger partial charge in [-0.05, 0) is 94.0 Å². The van der Waals surface area contributed by atoms with Gasteiger partial charge in [-0.3, -0.25) is 0 Å². The third-order valence-electron chi connectivity index (χ3n) is 8.42. The van der Waals surface area contributed by atoms with Crippen LogP contribution in [0.3, 0.4) is 0 Å². The molecule has 2 aromatic carbocycles. The van der Waals surface area contributed by atoms with Gasteiger partial charge in [0.05, 0.1) is 28.7 Å². The molecule has 0 aliphatic heterocycles. The summed E-state index contributed by atoms with van der Waals surface area (Å²) in [5, 5.41) is 25.5. The summed E-state index contributed by atoms with van der Waals surface area (Å²) >= 11 is 1.15. The summed E-state index contributed by atoms with van der Waals surface area (Å²) in [5.74, 6) is -0.497. The first-order valence-electron chi connectivity index (χ1n) is 13.9. The number of carboxylic acid groups (broad SMARTS) is 1. The lowest BCUT2D eigenvalue weighted by Gasteiger charge is -2.34. The molecule has 210 valence electrons. The van der Waals surface area contributed by atoms with Crippen molar-refractivity contribution in [2.45, 2.75) is 89.4 Å². The van der Waals surface area contributed by atoms with E-state index in [-0.39, 0.29) is 17.2 Å². The number of aromatic nitrogens is 2. The third kappa shape index (κ3) is 5.30. The zero-order valence-corrected chi connectivity index (χ0v) is 23.5. The lowest BCUT2D eigenvalue weighted by molar-refractivity contribution is -0.0642. The van der Waals surface area contributed by atoms with Gasteiger partial charge >= 0.3 is 5.97 Å². The molecule has 0 unspecified atom stereocenters. The molecule has 0 radical (unpaired) electrons. The van der Waals surface area contributed by atoms with E-state index in [4.69, 9.17) is 9.26 Å². The Morgan fingerprint density at radius 2 is 1.85 bits per heavy atom. The van der Waals surface area contributed by atoms with Crippen LogP contribution in [0.4, 0.5) is 4.39 Å². The molecule has 4 aromatic rings. The molecule has 7 nitrogen and oxygen atoms in total. The van der Waals surface area contributed by atoms with Gasteiger partial charge in [-0.15, -0.1) is 11.3 Å². The molecule has 2 saturated carbocycles. The Balaban J connectivity index is 1.12. The van der Waals surface area contributed by atoms with Crippen molar-refractivity contribution in [2.24, 2.45) is 0 Å². The van der Waals surface area contributed by atoms with Gasteiger partial charge in [0.15, 0.2) is 5.82 Å². The maximum Gasteiger partial charge on any atom is 0.335 e. The molecule has 2 fully saturated rings. The van der Waals surface area contributed by atoms with Crippen LogP contribution < -0.4 is 0 Å². The Morgan fingerprint density at radius 1 is 1.12 bits per heavy atom. The number of thiazole rings is 1. The standard InChI is InChI=1S/C31H33FN2O5S/c1-17-4-3-5-18(2)22(17)8-9-25-23(28(39-34-25)19-6-7-19)16-38-21-10-12-31(37,13-11-21)30-33-27-24(32)14-20(29(35)36)15-26(27)40-30/h3-5,14-15,19,21,37H,6-13,16H2,1-2H3,(H,35,36). The average Bonchev–Trinajstić information content (AvgIpc) is 3.53. The molecule has 0 atom stereocenters. The summed E-state index contributed by atoms with van der Waals surface area (Å²) in [6, 6.07) is 8.76. The molecule has 9 heteroatoms. The topological polar surface area (TPSA) is 106 Å². The fourth-order valence-electron chi connectivity index (χ4n) is 5.82. The number of carboxylic acids is 1. The van der Waals surface area contributed by atoms with Crippen LogP contribution in [0.25, 0.3) is 10.2 Å². The van der Waals surface area contributed by atoms with E-state index in [0.29, 0.717) is 47.9 Å². The first kappa shape index (κ1) is 27.1. The van der Waals surface area contributed by atoms with Crippen LogP contribution in [0.1, 0.15) is 93.5 Å². The van der Waals surface area contributed by atoms with Gasteiger partial charge in [0.1, 0.15) is 21.9 Å². The Labute approximate surface area is 236 Å². The van der Waals surface area contributed by atoms with E-state index in [1.54, 1.807) is 0 Å². The predicted molar refractivity (Wildman–Crippen MR) is 149 cm³/mol. The van der Waals surface area contributed by atoms with Gasteiger partial charge < -0.3 is 19.5 Å². The number of benzene rings is 2. The highest BCUT2D eigenvalue weighted by molar-refractivity contribution is 7.18. The van der Waals surface area contributed by atoms with Crippen LogP contribution in [0.2, 0.25) is 0 Å². The molecule has 2 heterocycles. The molecule has 0 bridgehead atoms. The number of hydrogen-bond donors (Lipinski definition) is 2. The summed E-state index contributed by atoms with van der Waals surface area (Å²) in [7, 11) is 0. The molecule has 2 N–H and O–H groups in total. The van der Waals surface area contributed by atoms with Crippen molar-refractivity contribution in [1.29, 1.82) is 0 Å². The van der Waals surface area contributed by atoms with E-state index < -0.39 is 17.4 Å². The maximum absolute atomic E-state index is 14.5. The van der Waals surface area contributed by atoms with Crippen LogP contribution in [0.15, 0.2) is 34.9 Å². The summed E-state index contributed by atoms with van der Waals surface area (Å²) in [6.07, 6.45) is 6.04.